The molecule has 1 unspecified atom stereocenters. The Morgan fingerprint density at radius 1 is 1.44 bits per heavy atom. The molecule has 2 nitrogen and oxygen atoms in total. The summed E-state index contributed by atoms with van der Waals surface area (Å²) in [7, 11) is 0. The van der Waals surface area contributed by atoms with E-state index in [1.807, 2.05) is 12.3 Å². The number of allylic oxidation sites excluding steroid dienone is 2. The maximum Gasteiger partial charge on any atom is 0.138 e. The highest BCUT2D eigenvalue weighted by Gasteiger charge is 2.04. The van der Waals surface area contributed by atoms with E-state index in [0.29, 0.717) is 5.92 Å². The van der Waals surface area contributed by atoms with E-state index >= 15 is 0 Å². The monoisotopic (exact) mass is 210 g/mol. The quantitative estimate of drug-likeness (QED) is 0.762. The number of aromatic nitrogens is 2. The van der Waals surface area contributed by atoms with Crippen LogP contribution >= 0.6 is 0 Å². The van der Waals surface area contributed by atoms with Gasteiger partial charge >= 0.3 is 0 Å². The molecule has 1 aliphatic carbocycles. The van der Waals surface area contributed by atoms with Crippen molar-refractivity contribution in [3.8, 4) is 0 Å². The fourth-order valence-electron chi connectivity index (χ4n) is 2.19. The van der Waals surface area contributed by atoms with Crippen molar-refractivity contribution >= 4 is 23.2 Å². The fraction of sp³-hybridized carbons (Fsp3) is 0.214. The average Bonchev–Trinajstić information content (AvgIpc) is 2.54. The van der Waals surface area contributed by atoms with E-state index in [1.54, 1.807) is 0 Å². The summed E-state index contributed by atoms with van der Waals surface area (Å²) >= 11 is 0. The maximum absolute atomic E-state index is 4.35. The lowest BCUT2D eigenvalue weighted by atomic mass is 10.1. The third-order valence-corrected chi connectivity index (χ3v) is 3.11. The number of nitrogens with one attached hydrogen (secondary N) is 1. The second kappa shape index (κ2) is 3.63. The highest BCUT2D eigenvalue weighted by Crippen LogP contribution is 2.09. The maximum atomic E-state index is 4.35. The van der Waals surface area contributed by atoms with Gasteiger partial charge in [0.15, 0.2) is 0 Å². The molecule has 16 heavy (non-hydrogen) atoms. The number of hydrogen-bond donors (Lipinski definition) is 1. The summed E-state index contributed by atoms with van der Waals surface area (Å²) in [6.45, 7) is 2.21. The third kappa shape index (κ3) is 1.38. The largest absolute Gasteiger partial charge is 0.339 e. The van der Waals surface area contributed by atoms with Gasteiger partial charge in [-0.2, -0.15) is 0 Å². The number of pyridine rings is 1. The lowest BCUT2D eigenvalue weighted by Gasteiger charge is -2.00. The van der Waals surface area contributed by atoms with Crippen molar-refractivity contribution in [3.05, 3.63) is 41.0 Å². The molecule has 1 aliphatic rings. The van der Waals surface area contributed by atoms with Gasteiger partial charge < -0.3 is 4.98 Å². The van der Waals surface area contributed by atoms with Gasteiger partial charge in [0.25, 0.3) is 0 Å². The van der Waals surface area contributed by atoms with Gasteiger partial charge in [0.2, 0.25) is 0 Å². The Bertz CT molecular complexity index is 662. The molecule has 0 bridgehead atoms. The van der Waals surface area contributed by atoms with Crippen LogP contribution in [0.1, 0.15) is 13.3 Å². The minimum Gasteiger partial charge on any atom is -0.339 e. The topological polar surface area (TPSA) is 28.7 Å². The van der Waals surface area contributed by atoms with Crippen LogP contribution in [0.2, 0.25) is 0 Å². The lowest BCUT2D eigenvalue weighted by molar-refractivity contribution is 0.813. The summed E-state index contributed by atoms with van der Waals surface area (Å²) in [4.78, 5) is 7.70. The summed E-state index contributed by atoms with van der Waals surface area (Å²) in [5.74, 6) is 0.525. The predicted octanol–water partition coefficient (Wildman–Crippen LogP) is 1.72. The van der Waals surface area contributed by atoms with Crippen LogP contribution in [-0.4, -0.2) is 9.97 Å². The van der Waals surface area contributed by atoms with Crippen LogP contribution in [0.15, 0.2) is 30.5 Å². The van der Waals surface area contributed by atoms with Crippen LogP contribution in [0.4, 0.5) is 0 Å². The van der Waals surface area contributed by atoms with Crippen molar-refractivity contribution in [3.63, 3.8) is 0 Å². The third-order valence-electron chi connectivity index (χ3n) is 3.11. The van der Waals surface area contributed by atoms with Crippen molar-refractivity contribution in [2.24, 2.45) is 5.92 Å². The van der Waals surface area contributed by atoms with Gasteiger partial charge in [-0.3, -0.25) is 0 Å². The summed E-state index contributed by atoms with van der Waals surface area (Å²) in [6.07, 6.45) is 11.8. The molecule has 0 fully saturated rings. The van der Waals surface area contributed by atoms with Crippen LogP contribution in [0.5, 0.6) is 0 Å². The minimum absolute atomic E-state index is 0.525. The molecule has 0 radical (unpaired) electrons. The summed E-state index contributed by atoms with van der Waals surface area (Å²) in [5, 5.41) is 3.68. The van der Waals surface area contributed by atoms with Gasteiger partial charge in [0.1, 0.15) is 5.65 Å². The Hall–Kier alpha value is -1.83. The second-order valence-electron chi connectivity index (χ2n) is 4.14. The zero-order valence-electron chi connectivity index (χ0n) is 9.27. The van der Waals surface area contributed by atoms with E-state index < -0.39 is 0 Å². The molecule has 0 aliphatic heterocycles. The highest BCUT2D eigenvalue weighted by atomic mass is 14.8. The molecule has 0 amide bonds. The van der Waals surface area contributed by atoms with Crippen molar-refractivity contribution < 1.29 is 0 Å². The average molecular weight is 210 g/mol. The first-order chi connectivity index (χ1) is 7.88. The van der Waals surface area contributed by atoms with E-state index in [0.717, 1.165) is 12.1 Å². The second-order valence-corrected chi connectivity index (χ2v) is 4.14. The molecule has 80 valence electrons. The standard InChI is InChI=1S/C14H14N2/c1-2-10-5-3-7-13-12(9-10)11-6-4-8-15-14(11)16-13/h3-10H,2H2,1H3,(H,15,16). The van der Waals surface area contributed by atoms with Crippen LogP contribution in [0.3, 0.4) is 0 Å². The molecular formula is C14H14N2. The molecule has 2 heteroatoms. The van der Waals surface area contributed by atoms with Crippen LogP contribution < -0.4 is 10.6 Å². The minimum atomic E-state index is 0.525. The molecule has 3 rings (SSSR count). The summed E-state index contributed by atoms with van der Waals surface area (Å²) in [6, 6.07) is 4.11. The first-order valence-corrected chi connectivity index (χ1v) is 5.71. The first kappa shape index (κ1) is 9.40. The molecular weight excluding hydrogens is 196 g/mol. The van der Waals surface area contributed by atoms with Gasteiger partial charge in [-0.25, -0.2) is 4.98 Å². The Balaban J connectivity index is 2.42. The zero-order chi connectivity index (χ0) is 11.0. The zero-order valence-corrected chi connectivity index (χ0v) is 9.27. The smallest absolute Gasteiger partial charge is 0.138 e. The summed E-state index contributed by atoms with van der Waals surface area (Å²) in [5.41, 5.74) is 0.977. The predicted molar refractivity (Wildman–Crippen MR) is 67.2 cm³/mol. The molecule has 1 atom stereocenters. The highest BCUT2D eigenvalue weighted by molar-refractivity contribution is 5.78. The number of hydrogen-bond acceptors (Lipinski definition) is 1. The van der Waals surface area contributed by atoms with E-state index in [4.69, 9.17) is 0 Å². The van der Waals surface area contributed by atoms with Crippen LogP contribution in [0, 0.1) is 5.92 Å². The van der Waals surface area contributed by atoms with E-state index in [9.17, 15) is 0 Å². The molecule has 0 spiro atoms. The van der Waals surface area contributed by atoms with Gasteiger partial charge in [-0.15, -0.1) is 0 Å². The Morgan fingerprint density at radius 2 is 2.38 bits per heavy atom. The van der Waals surface area contributed by atoms with Crippen molar-refractivity contribution in [1.82, 2.24) is 9.97 Å². The molecule has 2 aromatic heterocycles. The fourth-order valence-corrected chi connectivity index (χ4v) is 2.19. The van der Waals surface area contributed by atoms with Gasteiger partial charge in [-0.1, -0.05) is 25.2 Å². The van der Waals surface area contributed by atoms with Gasteiger partial charge in [0.05, 0.1) is 0 Å². The molecule has 0 aromatic carbocycles. The van der Waals surface area contributed by atoms with Crippen molar-refractivity contribution in [2.45, 2.75) is 13.3 Å². The number of H-pyrrole nitrogens is 1. The lowest BCUT2D eigenvalue weighted by Crippen LogP contribution is -2.22. The Kier molecular flexibility index (Phi) is 2.13. The number of nitrogens with zero attached hydrogens (tertiary/aromatic N) is 1. The van der Waals surface area contributed by atoms with Crippen molar-refractivity contribution in [1.29, 1.82) is 0 Å². The Labute approximate surface area is 94.0 Å². The number of fused-ring (bicyclic) bond motifs is 3. The Morgan fingerprint density at radius 3 is 3.25 bits per heavy atom. The van der Waals surface area contributed by atoms with E-state index in [2.05, 4.69) is 47.3 Å². The molecule has 0 saturated heterocycles. The van der Waals surface area contributed by atoms with Gasteiger partial charge in [-0.05, 0) is 30.5 Å². The molecule has 0 saturated carbocycles. The molecule has 1 N–H and O–H groups in total. The van der Waals surface area contributed by atoms with E-state index in [1.165, 1.54) is 16.0 Å². The molecule has 2 heterocycles. The number of aromatic amines is 1. The molecule has 2 aromatic rings. The van der Waals surface area contributed by atoms with E-state index in [-0.39, 0.29) is 0 Å². The first-order valence-electron chi connectivity index (χ1n) is 5.71. The van der Waals surface area contributed by atoms with Crippen LogP contribution in [0.25, 0.3) is 23.2 Å². The summed E-state index contributed by atoms with van der Waals surface area (Å²) < 4.78 is 0. The normalized spacial score (nSPS) is 18.7. The SMILES string of the molecule is CCC1C=CC=c2[nH]c3ncccc3c2=C1. The number of rotatable bonds is 1. The van der Waals surface area contributed by atoms with Gasteiger partial charge in [0, 0.05) is 22.2 Å². The van der Waals surface area contributed by atoms with Crippen molar-refractivity contribution in [2.75, 3.05) is 0 Å². The van der Waals surface area contributed by atoms with Crippen LogP contribution in [-0.2, 0) is 0 Å².